The minimum atomic E-state index is -0.449. The summed E-state index contributed by atoms with van der Waals surface area (Å²) in [5, 5.41) is 2.08. The zero-order chi connectivity index (χ0) is 14.5. The van der Waals surface area contributed by atoms with Crippen molar-refractivity contribution < 1.29 is 14.3 Å². The van der Waals surface area contributed by atoms with Gasteiger partial charge in [0.05, 0.1) is 20.1 Å². The molecule has 0 unspecified atom stereocenters. The number of halogens is 1. The second-order valence-corrected chi connectivity index (χ2v) is 4.52. The predicted molar refractivity (Wildman–Crippen MR) is 85.9 cm³/mol. The summed E-state index contributed by atoms with van der Waals surface area (Å²) in [5.41, 5.74) is 7.03. The summed E-state index contributed by atoms with van der Waals surface area (Å²) in [6.45, 7) is 2.14. The van der Waals surface area contributed by atoms with Crippen LogP contribution in [0.2, 0.25) is 0 Å². The quantitative estimate of drug-likeness (QED) is 0.861. The van der Waals surface area contributed by atoms with Crippen LogP contribution in [-0.2, 0) is 9.53 Å². The summed E-state index contributed by atoms with van der Waals surface area (Å²) in [7, 11) is 1.60. The van der Waals surface area contributed by atoms with Crippen molar-refractivity contribution in [3.8, 4) is 5.75 Å². The largest absolute Gasteiger partial charge is 0.496 e. The van der Waals surface area contributed by atoms with Gasteiger partial charge in [-0.2, -0.15) is 0 Å². The van der Waals surface area contributed by atoms with Crippen molar-refractivity contribution in [3.63, 3.8) is 0 Å². The van der Waals surface area contributed by atoms with E-state index in [0.29, 0.717) is 12.4 Å². The first kappa shape index (κ1) is 17.3. The molecule has 21 heavy (non-hydrogen) atoms. The van der Waals surface area contributed by atoms with E-state index >= 15 is 0 Å². The van der Waals surface area contributed by atoms with Crippen LogP contribution >= 0.6 is 12.4 Å². The fraction of sp³-hybridized carbons (Fsp3) is 0.312. The summed E-state index contributed by atoms with van der Waals surface area (Å²) in [4.78, 5) is 11.6. The minimum Gasteiger partial charge on any atom is -0.496 e. The number of carbonyl (C=O) groups is 1. The van der Waals surface area contributed by atoms with Gasteiger partial charge in [-0.05, 0) is 23.8 Å². The Morgan fingerprint density at radius 3 is 2.62 bits per heavy atom. The highest BCUT2D eigenvalue weighted by molar-refractivity contribution is 5.88. The maximum Gasteiger partial charge on any atom is 0.307 e. The molecule has 0 aliphatic rings. The standard InChI is InChI=1S/C16H19NO3.ClH/c1-3-20-15(18)10-13(17)16-12-7-5-4-6-11(12)8-9-14(16)19-2;/h4-9,13H,3,10,17H2,1-2H3;1H/t13-;/m1./s1. The molecule has 0 amide bonds. The van der Waals surface area contributed by atoms with Crippen molar-refractivity contribution in [1.82, 2.24) is 0 Å². The molecule has 5 heteroatoms. The van der Waals surface area contributed by atoms with Crippen LogP contribution in [0.4, 0.5) is 0 Å². The summed E-state index contributed by atoms with van der Waals surface area (Å²) in [6.07, 6.45) is 0.137. The van der Waals surface area contributed by atoms with Gasteiger partial charge >= 0.3 is 5.97 Å². The first-order valence-electron chi connectivity index (χ1n) is 6.64. The number of rotatable bonds is 5. The van der Waals surface area contributed by atoms with Crippen molar-refractivity contribution in [1.29, 1.82) is 0 Å². The number of esters is 1. The van der Waals surface area contributed by atoms with Gasteiger partial charge in [0.1, 0.15) is 5.75 Å². The van der Waals surface area contributed by atoms with Crippen molar-refractivity contribution >= 4 is 29.1 Å². The second kappa shape index (κ2) is 7.86. The van der Waals surface area contributed by atoms with Gasteiger partial charge in [-0.1, -0.05) is 30.3 Å². The summed E-state index contributed by atoms with van der Waals surface area (Å²) >= 11 is 0. The van der Waals surface area contributed by atoms with E-state index in [2.05, 4.69) is 0 Å². The Labute approximate surface area is 130 Å². The maximum absolute atomic E-state index is 11.6. The topological polar surface area (TPSA) is 61.5 Å². The molecule has 0 radical (unpaired) electrons. The van der Waals surface area contributed by atoms with E-state index in [0.717, 1.165) is 16.3 Å². The van der Waals surface area contributed by atoms with E-state index in [9.17, 15) is 4.79 Å². The van der Waals surface area contributed by atoms with Crippen molar-refractivity contribution in [2.75, 3.05) is 13.7 Å². The molecule has 0 saturated heterocycles. The maximum atomic E-state index is 11.6. The van der Waals surface area contributed by atoms with E-state index in [4.69, 9.17) is 15.2 Å². The number of carbonyl (C=O) groups excluding carboxylic acids is 1. The Bertz CT molecular complexity index is 615. The fourth-order valence-electron chi connectivity index (χ4n) is 2.34. The SMILES string of the molecule is CCOC(=O)C[C@@H](N)c1c(OC)ccc2ccccc12.Cl. The van der Waals surface area contributed by atoms with Gasteiger partial charge in [0, 0.05) is 11.6 Å². The Morgan fingerprint density at radius 2 is 1.95 bits per heavy atom. The molecule has 0 spiro atoms. The van der Waals surface area contributed by atoms with E-state index in [1.54, 1.807) is 14.0 Å². The van der Waals surface area contributed by atoms with Gasteiger partial charge in [0.2, 0.25) is 0 Å². The number of ether oxygens (including phenoxy) is 2. The lowest BCUT2D eigenvalue weighted by Gasteiger charge is -2.17. The van der Waals surface area contributed by atoms with Gasteiger partial charge in [0.15, 0.2) is 0 Å². The van der Waals surface area contributed by atoms with Crippen LogP contribution in [-0.4, -0.2) is 19.7 Å². The van der Waals surface area contributed by atoms with Gasteiger partial charge in [-0.3, -0.25) is 4.79 Å². The molecule has 114 valence electrons. The van der Waals surface area contributed by atoms with Crippen LogP contribution in [0.5, 0.6) is 5.75 Å². The van der Waals surface area contributed by atoms with Gasteiger partial charge < -0.3 is 15.2 Å². The zero-order valence-electron chi connectivity index (χ0n) is 12.2. The van der Waals surface area contributed by atoms with E-state index in [1.807, 2.05) is 36.4 Å². The average molecular weight is 310 g/mol. The summed E-state index contributed by atoms with van der Waals surface area (Å²) in [5.74, 6) is 0.399. The molecular weight excluding hydrogens is 290 g/mol. The number of nitrogens with two attached hydrogens (primary N) is 1. The first-order chi connectivity index (χ1) is 9.67. The molecule has 0 saturated carbocycles. The highest BCUT2D eigenvalue weighted by Crippen LogP contribution is 2.33. The second-order valence-electron chi connectivity index (χ2n) is 4.52. The Hall–Kier alpha value is -1.78. The molecular formula is C16H20ClNO3. The van der Waals surface area contributed by atoms with E-state index in [-0.39, 0.29) is 24.8 Å². The summed E-state index contributed by atoms with van der Waals surface area (Å²) in [6, 6.07) is 11.3. The highest BCUT2D eigenvalue weighted by atomic mass is 35.5. The van der Waals surface area contributed by atoms with Crippen molar-refractivity contribution in [2.45, 2.75) is 19.4 Å². The monoisotopic (exact) mass is 309 g/mol. The van der Waals surface area contributed by atoms with Crippen LogP contribution in [0, 0.1) is 0 Å². The Kier molecular flexibility index (Phi) is 6.46. The number of benzene rings is 2. The molecule has 0 heterocycles. The third-order valence-electron chi connectivity index (χ3n) is 3.21. The zero-order valence-corrected chi connectivity index (χ0v) is 13.0. The Morgan fingerprint density at radius 1 is 1.24 bits per heavy atom. The third-order valence-corrected chi connectivity index (χ3v) is 3.21. The van der Waals surface area contributed by atoms with Crippen molar-refractivity contribution in [2.24, 2.45) is 5.73 Å². The average Bonchev–Trinajstić information content (AvgIpc) is 2.46. The van der Waals surface area contributed by atoms with Gasteiger partial charge in [0.25, 0.3) is 0 Å². The lowest BCUT2D eigenvalue weighted by atomic mass is 9.96. The lowest BCUT2D eigenvalue weighted by molar-refractivity contribution is -0.143. The fourth-order valence-corrected chi connectivity index (χ4v) is 2.34. The normalized spacial score (nSPS) is 11.6. The van der Waals surface area contributed by atoms with E-state index < -0.39 is 6.04 Å². The molecule has 2 N–H and O–H groups in total. The van der Waals surface area contributed by atoms with Gasteiger partial charge in [-0.25, -0.2) is 0 Å². The summed E-state index contributed by atoms with van der Waals surface area (Å²) < 4.78 is 10.3. The number of methoxy groups -OCH3 is 1. The van der Waals surface area contributed by atoms with Crippen LogP contribution in [0.1, 0.15) is 24.9 Å². The molecule has 2 aromatic carbocycles. The predicted octanol–water partition coefficient (Wildman–Crippen LogP) is 3.22. The lowest BCUT2D eigenvalue weighted by Crippen LogP contribution is -2.18. The number of hydrogen-bond acceptors (Lipinski definition) is 4. The molecule has 0 aliphatic carbocycles. The molecule has 4 nitrogen and oxygen atoms in total. The smallest absolute Gasteiger partial charge is 0.307 e. The van der Waals surface area contributed by atoms with Crippen LogP contribution < -0.4 is 10.5 Å². The number of fused-ring (bicyclic) bond motifs is 1. The van der Waals surface area contributed by atoms with Crippen LogP contribution in [0.3, 0.4) is 0 Å². The first-order valence-corrected chi connectivity index (χ1v) is 6.64. The molecule has 1 atom stereocenters. The van der Waals surface area contributed by atoms with E-state index in [1.165, 1.54) is 0 Å². The van der Waals surface area contributed by atoms with Crippen LogP contribution in [0.15, 0.2) is 36.4 Å². The molecule has 0 bridgehead atoms. The molecule has 0 fully saturated rings. The molecule has 0 aliphatic heterocycles. The third kappa shape index (κ3) is 3.86. The Balaban J connectivity index is 0.00000220. The molecule has 2 aromatic rings. The van der Waals surface area contributed by atoms with Crippen LogP contribution in [0.25, 0.3) is 10.8 Å². The molecule has 2 rings (SSSR count). The van der Waals surface area contributed by atoms with Crippen molar-refractivity contribution in [3.05, 3.63) is 42.0 Å². The minimum absolute atomic E-state index is 0. The van der Waals surface area contributed by atoms with Gasteiger partial charge in [-0.15, -0.1) is 12.4 Å². The molecule has 0 aromatic heterocycles. The number of hydrogen-bond donors (Lipinski definition) is 1. The highest BCUT2D eigenvalue weighted by Gasteiger charge is 2.19.